The fourth-order valence-electron chi connectivity index (χ4n) is 3.23. The van der Waals surface area contributed by atoms with E-state index in [4.69, 9.17) is 4.74 Å². The van der Waals surface area contributed by atoms with Crippen molar-refractivity contribution in [2.75, 3.05) is 39.8 Å². The summed E-state index contributed by atoms with van der Waals surface area (Å²) < 4.78 is 6.05. The molecule has 0 aromatic carbocycles. The quantitative estimate of drug-likeness (QED) is 0.767. The van der Waals surface area contributed by atoms with Crippen molar-refractivity contribution in [1.82, 2.24) is 14.8 Å². The van der Waals surface area contributed by atoms with E-state index >= 15 is 0 Å². The molecule has 2 aliphatic rings. The standard InChI is InChI=1S/C15H21N3O2/c1-17-9-10-20-15(11-17)5-2-8-18(12-15)14(19)13-3-6-16-7-4-13/h3-4,6-7H,2,5,8-12H2,1H3/t15-/m1/s1. The maximum Gasteiger partial charge on any atom is 0.254 e. The molecule has 0 saturated carbocycles. The van der Waals surface area contributed by atoms with Gasteiger partial charge in [0.05, 0.1) is 18.8 Å². The molecule has 2 aliphatic heterocycles. The lowest BCUT2D eigenvalue weighted by molar-refractivity contribution is -0.129. The summed E-state index contributed by atoms with van der Waals surface area (Å²) in [5, 5.41) is 0. The molecule has 0 aliphatic carbocycles. The summed E-state index contributed by atoms with van der Waals surface area (Å²) in [6, 6.07) is 3.55. The number of pyridine rings is 1. The number of likely N-dealkylation sites (tertiary alicyclic amines) is 1. The van der Waals surface area contributed by atoms with E-state index in [1.165, 1.54) is 0 Å². The fraction of sp³-hybridized carbons (Fsp3) is 0.600. The third kappa shape index (κ3) is 2.69. The Bertz CT molecular complexity index is 475. The molecule has 1 spiro atoms. The van der Waals surface area contributed by atoms with E-state index in [-0.39, 0.29) is 11.5 Å². The summed E-state index contributed by atoms with van der Waals surface area (Å²) >= 11 is 0. The van der Waals surface area contributed by atoms with Crippen LogP contribution in [0.25, 0.3) is 0 Å². The molecule has 1 amide bonds. The van der Waals surface area contributed by atoms with Crippen molar-refractivity contribution < 1.29 is 9.53 Å². The van der Waals surface area contributed by atoms with Crippen molar-refractivity contribution >= 4 is 5.91 Å². The minimum atomic E-state index is -0.173. The fourth-order valence-corrected chi connectivity index (χ4v) is 3.23. The molecule has 2 fully saturated rings. The van der Waals surface area contributed by atoms with Gasteiger partial charge < -0.3 is 14.5 Å². The van der Waals surface area contributed by atoms with E-state index in [0.717, 1.165) is 39.1 Å². The van der Waals surface area contributed by atoms with Gasteiger partial charge >= 0.3 is 0 Å². The first-order valence-electron chi connectivity index (χ1n) is 7.20. The van der Waals surface area contributed by atoms with Crippen LogP contribution in [0, 0.1) is 0 Å². The number of carbonyl (C=O) groups excluding carboxylic acids is 1. The molecule has 0 radical (unpaired) electrons. The minimum absolute atomic E-state index is 0.0864. The molecular weight excluding hydrogens is 254 g/mol. The molecular formula is C15H21N3O2. The van der Waals surface area contributed by atoms with Crippen LogP contribution >= 0.6 is 0 Å². The largest absolute Gasteiger partial charge is 0.370 e. The van der Waals surface area contributed by atoms with E-state index in [2.05, 4.69) is 16.9 Å². The predicted octanol–water partition coefficient (Wildman–Crippen LogP) is 1.02. The Morgan fingerprint density at radius 3 is 2.85 bits per heavy atom. The monoisotopic (exact) mass is 275 g/mol. The Balaban J connectivity index is 1.73. The van der Waals surface area contributed by atoms with Gasteiger partial charge in [0, 0.05) is 37.6 Å². The summed E-state index contributed by atoms with van der Waals surface area (Å²) in [5.41, 5.74) is 0.537. The Hall–Kier alpha value is -1.46. The van der Waals surface area contributed by atoms with Gasteiger partial charge in [-0.3, -0.25) is 9.78 Å². The number of morpholine rings is 1. The smallest absolute Gasteiger partial charge is 0.254 e. The van der Waals surface area contributed by atoms with Crippen molar-refractivity contribution in [1.29, 1.82) is 0 Å². The zero-order chi connectivity index (χ0) is 14.0. The topological polar surface area (TPSA) is 45.7 Å². The van der Waals surface area contributed by atoms with Gasteiger partial charge in [-0.05, 0) is 32.0 Å². The predicted molar refractivity (Wildman–Crippen MR) is 75.6 cm³/mol. The maximum atomic E-state index is 12.5. The lowest BCUT2D eigenvalue weighted by Crippen LogP contribution is -2.59. The van der Waals surface area contributed by atoms with Crippen LogP contribution in [0.3, 0.4) is 0 Å². The number of likely N-dealkylation sites (N-methyl/N-ethyl adjacent to an activating group) is 1. The van der Waals surface area contributed by atoms with Crippen molar-refractivity contribution in [2.45, 2.75) is 18.4 Å². The van der Waals surface area contributed by atoms with Crippen LogP contribution < -0.4 is 0 Å². The van der Waals surface area contributed by atoms with Gasteiger partial charge in [-0.15, -0.1) is 0 Å². The van der Waals surface area contributed by atoms with Crippen LogP contribution in [0.4, 0.5) is 0 Å². The second kappa shape index (κ2) is 5.50. The van der Waals surface area contributed by atoms with E-state index in [0.29, 0.717) is 12.1 Å². The van der Waals surface area contributed by atoms with Crippen LogP contribution in [0.1, 0.15) is 23.2 Å². The first-order chi connectivity index (χ1) is 9.69. The molecule has 5 nitrogen and oxygen atoms in total. The van der Waals surface area contributed by atoms with Gasteiger partial charge in [-0.25, -0.2) is 0 Å². The van der Waals surface area contributed by atoms with E-state index in [1.807, 2.05) is 4.90 Å². The molecule has 1 atom stereocenters. The minimum Gasteiger partial charge on any atom is -0.370 e. The second-order valence-electron chi connectivity index (χ2n) is 5.84. The van der Waals surface area contributed by atoms with Gasteiger partial charge in [0.1, 0.15) is 0 Å². The third-order valence-corrected chi connectivity index (χ3v) is 4.19. The van der Waals surface area contributed by atoms with Gasteiger partial charge in [0.25, 0.3) is 5.91 Å². The molecule has 0 unspecified atom stereocenters. The number of hydrogen-bond acceptors (Lipinski definition) is 4. The van der Waals surface area contributed by atoms with Crippen LogP contribution in [0.15, 0.2) is 24.5 Å². The summed E-state index contributed by atoms with van der Waals surface area (Å²) in [5.74, 6) is 0.0864. The molecule has 20 heavy (non-hydrogen) atoms. The molecule has 108 valence electrons. The summed E-state index contributed by atoms with van der Waals surface area (Å²) in [7, 11) is 2.12. The lowest BCUT2D eigenvalue weighted by atomic mass is 9.90. The summed E-state index contributed by atoms with van der Waals surface area (Å²) in [6.45, 7) is 4.15. The highest BCUT2D eigenvalue weighted by Gasteiger charge is 2.41. The number of hydrogen-bond donors (Lipinski definition) is 0. The third-order valence-electron chi connectivity index (χ3n) is 4.19. The van der Waals surface area contributed by atoms with Crippen LogP contribution in [0.2, 0.25) is 0 Å². The molecule has 0 bridgehead atoms. The van der Waals surface area contributed by atoms with Crippen molar-refractivity contribution in [3.63, 3.8) is 0 Å². The number of carbonyl (C=O) groups is 1. The van der Waals surface area contributed by atoms with Crippen LogP contribution in [0.5, 0.6) is 0 Å². The van der Waals surface area contributed by atoms with Gasteiger partial charge in [-0.1, -0.05) is 0 Å². The zero-order valence-corrected chi connectivity index (χ0v) is 11.9. The normalized spacial score (nSPS) is 27.8. The SMILES string of the molecule is CN1CCO[C@]2(CCCN(C(=O)c3ccncc3)C2)C1. The number of rotatable bonds is 1. The van der Waals surface area contributed by atoms with E-state index < -0.39 is 0 Å². The van der Waals surface area contributed by atoms with Crippen LogP contribution in [-0.4, -0.2) is 66.1 Å². The highest BCUT2D eigenvalue weighted by atomic mass is 16.5. The molecule has 1 aromatic rings. The first kappa shape index (κ1) is 13.5. The molecule has 0 N–H and O–H groups in total. The van der Waals surface area contributed by atoms with Crippen molar-refractivity contribution in [2.24, 2.45) is 0 Å². The number of nitrogens with zero attached hydrogens (tertiary/aromatic N) is 3. The second-order valence-corrected chi connectivity index (χ2v) is 5.84. The number of piperidine rings is 1. The maximum absolute atomic E-state index is 12.5. The van der Waals surface area contributed by atoms with Crippen molar-refractivity contribution in [3.8, 4) is 0 Å². The van der Waals surface area contributed by atoms with Crippen molar-refractivity contribution in [3.05, 3.63) is 30.1 Å². The Morgan fingerprint density at radius 1 is 1.30 bits per heavy atom. The molecule has 3 rings (SSSR count). The zero-order valence-electron chi connectivity index (χ0n) is 11.9. The highest BCUT2D eigenvalue weighted by molar-refractivity contribution is 5.94. The average Bonchev–Trinajstić information content (AvgIpc) is 2.47. The van der Waals surface area contributed by atoms with Crippen LogP contribution in [-0.2, 0) is 4.74 Å². The molecule has 2 saturated heterocycles. The highest BCUT2D eigenvalue weighted by Crippen LogP contribution is 2.29. The summed E-state index contributed by atoms with van der Waals surface area (Å²) in [6.07, 6.45) is 5.37. The lowest BCUT2D eigenvalue weighted by Gasteiger charge is -2.47. The number of aromatic nitrogens is 1. The van der Waals surface area contributed by atoms with E-state index in [9.17, 15) is 4.79 Å². The Morgan fingerprint density at radius 2 is 2.10 bits per heavy atom. The molecule has 5 heteroatoms. The summed E-state index contributed by atoms with van der Waals surface area (Å²) in [4.78, 5) is 20.7. The first-order valence-corrected chi connectivity index (χ1v) is 7.20. The van der Waals surface area contributed by atoms with E-state index in [1.54, 1.807) is 24.5 Å². The van der Waals surface area contributed by atoms with Gasteiger partial charge in [0.15, 0.2) is 0 Å². The molecule has 1 aromatic heterocycles. The number of amides is 1. The Labute approximate surface area is 119 Å². The average molecular weight is 275 g/mol. The van der Waals surface area contributed by atoms with Gasteiger partial charge in [-0.2, -0.15) is 0 Å². The molecule has 3 heterocycles. The number of ether oxygens (including phenoxy) is 1. The van der Waals surface area contributed by atoms with Gasteiger partial charge in [0.2, 0.25) is 0 Å². The Kier molecular flexibility index (Phi) is 3.72.